The van der Waals surface area contributed by atoms with Crippen LogP contribution < -0.4 is 5.32 Å². The van der Waals surface area contributed by atoms with Gasteiger partial charge in [-0.2, -0.15) is 0 Å². The van der Waals surface area contributed by atoms with Gasteiger partial charge in [-0.1, -0.05) is 88.7 Å². The van der Waals surface area contributed by atoms with E-state index in [0.29, 0.717) is 17.9 Å². The number of hydrogen-bond acceptors (Lipinski definition) is 1. The lowest BCUT2D eigenvalue weighted by molar-refractivity contribution is 0.426. The average molecular weight is 402 g/mol. The van der Waals surface area contributed by atoms with Crippen molar-refractivity contribution in [2.45, 2.75) is 18.4 Å². The minimum atomic E-state index is 0.334. The molecule has 0 fully saturated rings. The topological polar surface area (TPSA) is 12.0 Å². The van der Waals surface area contributed by atoms with Crippen molar-refractivity contribution in [3.05, 3.63) is 101 Å². The Morgan fingerprint density at radius 2 is 1.65 bits per heavy atom. The zero-order chi connectivity index (χ0) is 17.5. The van der Waals surface area contributed by atoms with Crippen LogP contribution >= 0.6 is 15.9 Å². The first-order valence-corrected chi connectivity index (χ1v) is 9.97. The van der Waals surface area contributed by atoms with Crippen molar-refractivity contribution >= 4 is 21.6 Å². The third-order valence-electron chi connectivity index (χ3n) is 5.71. The molecule has 26 heavy (non-hydrogen) atoms. The van der Waals surface area contributed by atoms with E-state index in [1.165, 1.54) is 27.9 Å². The highest BCUT2D eigenvalue weighted by atomic mass is 79.9. The number of rotatable bonds is 2. The maximum atomic E-state index is 3.92. The number of fused-ring (bicyclic) bond motifs is 3. The summed E-state index contributed by atoms with van der Waals surface area (Å²) < 4.78 is 1.13. The Bertz CT molecular complexity index is 959. The summed E-state index contributed by atoms with van der Waals surface area (Å²) in [7, 11) is 0. The first kappa shape index (κ1) is 15.9. The molecule has 2 heteroatoms. The number of hydrogen-bond donors (Lipinski definition) is 1. The number of nitrogens with one attached hydrogen (secondary N) is 1. The lowest BCUT2D eigenvalue weighted by Gasteiger charge is -2.38. The minimum absolute atomic E-state index is 0.334. The van der Waals surface area contributed by atoms with E-state index in [9.17, 15) is 0 Å². The Kier molecular flexibility index (Phi) is 3.94. The molecule has 128 valence electrons. The Hall–Kier alpha value is -2.32. The van der Waals surface area contributed by atoms with Crippen LogP contribution in [-0.4, -0.2) is 0 Å². The van der Waals surface area contributed by atoms with Crippen molar-refractivity contribution in [3.8, 4) is 11.1 Å². The highest BCUT2D eigenvalue weighted by Crippen LogP contribution is 2.52. The Labute approximate surface area is 162 Å². The van der Waals surface area contributed by atoms with Crippen LogP contribution in [0.3, 0.4) is 0 Å². The zero-order valence-electron chi connectivity index (χ0n) is 14.4. The number of halogens is 1. The monoisotopic (exact) mass is 401 g/mol. The van der Waals surface area contributed by atoms with Gasteiger partial charge in [0.25, 0.3) is 0 Å². The summed E-state index contributed by atoms with van der Waals surface area (Å²) in [6.07, 6.45) is 5.89. The van der Waals surface area contributed by atoms with Crippen LogP contribution in [0.5, 0.6) is 0 Å². The number of anilines is 1. The second kappa shape index (κ2) is 6.44. The predicted octanol–water partition coefficient (Wildman–Crippen LogP) is 6.94. The van der Waals surface area contributed by atoms with Crippen molar-refractivity contribution in [2.75, 3.05) is 5.32 Å². The molecule has 2 aliphatic rings. The highest BCUT2D eigenvalue weighted by Gasteiger charge is 2.38. The lowest BCUT2D eigenvalue weighted by atomic mass is 9.76. The second-order valence-corrected chi connectivity index (χ2v) is 8.08. The molecule has 0 aromatic heterocycles. The van der Waals surface area contributed by atoms with Gasteiger partial charge in [0.15, 0.2) is 0 Å². The molecule has 1 N–H and O–H groups in total. The largest absolute Gasteiger partial charge is 0.377 e. The summed E-state index contributed by atoms with van der Waals surface area (Å²) in [6, 6.07) is 26.5. The average Bonchev–Trinajstić information content (AvgIpc) is 3.18. The molecular formula is C24H20BrN. The SMILES string of the molecule is Brc1ccc([C@@H]2Nc3c(-c4ccccc4)cccc3[C@@H]3C=CC[C@H]32)cc1. The van der Waals surface area contributed by atoms with Crippen LogP contribution in [0.15, 0.2) is 89.4 Å². The summed E-state index contributed by atoms with van der Waals surface area (Å²) in [5, 5.41) is 3.92. The fraction of sp³-hybridized carbons (Fsp3) is 0.167. The third-order valence-corrected chi connectivity index (χ3v) is 6.24. The lowest BCUT2D eigenvalue weighted by Crippen LogP contribution is -2.29. The van der Waals surface area contributed by atoms with E-state index in [-0.39, 0.29) is 0 Å². The molecule has 1 aliphatic heterocycles. The van der Waals surface area contributed by atoms with E-state index < -0.39 is 0 Å². The molecule has 5 rings (SSSR count). The molecule has 0 unspecified atom stereocenters. The molecule has 0 radical (unpaired) electrons. The number of benzene rings is 3. The summed E-state index contributed by atoms with van der Waals surface area (Å²) in [6.45, 7) is 0. The molecule has 3 atom stereocenters. The van der Waals surface area contributed by atoms with Crippen LogP contribution in [-0.2, 0) is 0 Å². The summed E-state index contributed by atoms with van der Waals surface area (Å²) in [4.78, 5) is 0. The van der Waals surface area contributed by atoms with Crippen LogP contribution in [0.1, 0.15) is 29.5 Å². The quantitative estimate of drug-likeness (QED) is 0.458. The van der Waals surface area contributed by atoms with Crippen LogP contribution in [0, 0.1) is 5.92 Å². The van der Waals surface area contributed by atoms with E-state index in [2.05, 4.69) is 106 Å². The molecule has 0 bridgehead atoms. The van der Waals surface area contributed by atoms with E-state index in [0.717, 1.165) is 10.9 Å². The van der Waals surface area contributed by atoms with Crippen LogP contribution in [0.4, 0.5) is 5.69 Å². The fourth-order valence-electron chi connectivity index (χ4n) is 4.48. The Morgan fingerprint density at radius 3 is 2.46 bits per heavy atom. The molecule has 1 heterocycles. The molecule has 3 aromatic carbocycles. The maximum Gasteiger partial charge on any atom is 0.0554 e. The van der Waals surface area contributed by atoms with Gasteiger partial charge in [-0.15, -0.1) is 0 Å². The molecule has 0 amide bonds. The first-order chi connectivity index (χ1) is 12.8. The van der Waals surface area contributed by atoms with Gasteiger partial charge in [-0.25, -0.2) is 0 Å². The Morgan fingerprint density at radius 1 is 0.846 bits per heavy atom. The fourth-order valence-corrected chi connectivity index (χ4v) is 4.74. The van der Waals surface area contributed by atoms with Gasteiger partial charge in [0.1, 0.15) is 0 Å². The van der Waals surface area contributed by atoms with Gasteiger partial charge in [0, 0.05) is 21.6 Å². The van der Waals surface area contributed by atoms with E-state index in [1.54, 1.807) is 0 Å². The van der Waals surface area contributed by atoms with E-state index in [1.807, 2.05) is 0 Å². The van der Waals surface area contributed by atoms with Crippen molar-refractivity contribution in [1.82, 2.24) is 0 Å². The molecule has 3 aromatic rings. The molecule has 1 aliphatic carbocycles. The van der Waals surface area contributed by atoms with E-state index in [4.69, 9.17) is 0 Å². The Balaban J connectivity index is 1.65. The number of allylic oxidation sites excluding steroid dienone is 2. The minimum Gasteiger partial charge on any atom is -0.377 e. The van der Waals surface area contributed by atoms with Gasteiger partial charge < -0.3 is 5.32 Å². The maximum absolute atomic E-state index is 3.92. The van der Waals surface area contributed by atoms with Crippen molar-refractivity contribution in [2.24, 2.45) is 5.92 Å². The smallest absolute Gasteiger partial charge is 0.0554 e. The highest BCUT2D eigenvalue weighted by molar-refractivity contribution is 9.10. The second-order valence-electron chi connectivity index (χ2n) is 7.16. The van der Waals surface area contributed by atoms with E-state index >= 15 is 0 Å². The van der Waals surface area contributed by atoms with Gasteiger partial charge in [-0.05, 0) is 41.2 Å². The molecular weight excluding hydrogens is 382 g/mol. The normalized spacial score (nSPS) is 23.2. The first-order valence-electron chi connectivity index (χ1n) is 9.18. The van der Waals surface area contributed by atoms with Crippen molar-refractivity contribution < 1.29 is 0 Å². The van der Waals surface area contributed by atoms with Crippen molar-refractivity contribution in [3.63, 3.8) is 0 Å². The number of para-hydroxylation sites is 1. The molecule has 0 saturated carbocycles. The van der Waals surface area contributed by atoms with Crippen LogP contribution in [0.25, 0.3) is 11.1 Å². The zero-order valence-corrected chi connectivity index (χ0v) is 16.0. The van der Waals surface area contributed by atoms with Crippen molar-refractivity contribution in [1.29, 1.82) is 0 Å². The molecule has 0 spiro atoms. The molecule has 1 nitrogen and oxygen atoms in total. The van der Waals surface area contributed by atoms with Gasteiger partial charge in [-0.3, -0.25) is 0 Å². The van der Waals surface area contributed by atoms with Gasteiger partial charge in [0.2, 0.25) is 0 Å². The van der Waals surface area contributed by atoms with Gasteiger partial charge >= 0.3 is 0 Å². The third kappa shape index (κ3) is 2.60. The predicted molar refractivity (Wildman–Crippen MR) is 112 cm³/mol. The van der Waals surface area contributed by atoms with Gasteiger partial charge in [0.05, 0.1) is 6.04 Å². The standard InChI is InChI=1S/C24H20BrN/c25-18-14-12-17(13-15-18)23-21-10-5-9-20(21)22-11-4-8-19(24(22)26-23)16-6-2-1-3-7-16/h1-9,11-15,20-21,23,26H,10H2/t20-,21-,23+/m1/s1. The summed E-state index contributed by atoms with van der Waals surface area (Å²) in [5.74, 6) is 1.07. The summed E-state index contributed by atoms with van der Waals surface area (Å²) >= 11 is 3.56. The molecule has 0 saturated heterocycles. The van der Waals surface area contributed by atoms with Crippen LogP contribution in [0.2, 0.25) is 0 Å². The summed E-state index contributed by atoms with van der Waals surface area (Å²) in [5.41, 5.74) is 6.65.